The van der Waals surface area contributed by atoms with E-state index < -0.39 is 11.4 Å². The predicted octanol–water partition coefficient (Wildman–Crippen LogP) is 1.58. The van der Waals surface area contributed by atoms with E-state index in [-0.39, 0.29) is 17.5 Å². The Bertz CT molecular complexity index is 518. The summed E-state index contributed by atoms with van der Waals surface area (Å²) < 4.78 is 0. The van der Waals surface area contributed by atoms with Crippen molar-refractivity contribution in [1.82, 2.24) is 10.6 Å². The first-order valence-electron chi connectivity index (χ1n) is 5.99. The lowest BCUT2D eigenvalue weighted by Crippen LogP contribution is -2.51. The fourth-order valence-electron chi connectivity index (χ4n) is 1.37. The number of hydrogen-bond acceptors (Lipinski definition) is 3. The number of amides is 2. The first-order valence-corrected chi connectivity index (χ1v) is 6.75. The van der Waals surface area contributed by atoms with Crippen molar-refractivity contribution in [3.05, 3.63) is 33.8 Å². The Morgan fingerprint density at radius 3 is 2.45 bits per heavy atom. The Morgan fingerprint density at radius 2 is 1.90 bits per heavy atom. The second kappa shape index (κ2) is 6.92. The molecular weight excluding hydrogens is 301 g/mol. The molecule has 0 aliphatic rings. The lowest BCUT2D eigenvalue weighted by molar-refractivity contribution is -0.121. The van der Waals surface area contributed by atoms with Crippen molar-refractivity contribution in [2.24, 2.45) is 5.73 Å². The van der Waals surface area contributed by atoms with Crippen LogP contribution in [0.2, 0.25) is 10.0 Å². The molecule has 0 spiro atoms. The van der Waals surface area contributed by atoms with Gasteiger partial charge in [0.05, 0.1) is 16.6 Å². The molecule has 0 fully saturated rings. The van der Waals surface area contributed by atoms with E-state index in [9.17, 15) is 9.59 Å². The molecular formula is C13H17Cl2N3O2. The summed E-state index contributed by atoms with van der Waals surface area (Å²) in [6, 6.07) is 4.50. The van der Waals surface area contributed by atoms with Crippen LogP contribution in [0.1, 0.15) is 24.2 Å². The third kappa shape index (κ3) is 5.00. The molecule has 110 valence electrons. The highest BCUT2D eigenvalue weighted by molar-refractivity contribution is 6.42. The maximum absolute atomic E-state index is 11.8. The van der Waals surface area contributed by atoms with Gasteiger partial charge in [-0.3, -0.25) is 9.59 Å². The number of carbonyl (C=O) groups is 2. The van der Waals surface area contributed by atoms with E-state index in [2.05, 4.69) is 10.6 Å². The quantitative estimate of drug-likeness (QED) is 0.770. The topological polar surface area (TPSA) is 84.2 Å². The first kappa shape index (κ1) is 16.8. The van der Waals surface area contributed by atoms with Gasteiger partial charge in [-0.15, -0.1) is 0 Å². The average molecular weight is 318 g/mol. The summed E-state index contributed by atoms with van der Waals surface area (Å²) >= 11 is 11.6. The minimum absolute atomic E-state index is 0.136. The second-order valence-electron chi connectivity index (χ2n) is 4.95. The van der Waals surface area contributed by atoms with Crippen molar-refractivity contribution in [2.75, 3.05) is 13.1 Å². The zero-order valence-corrected chi connectivity index (χ0v) is 12.8. The summed E-state index contributed by atoms with van der Waals surface area (Å²) in [6.45, 7) is 3.76. The van der Waals surface area contributed by atoms with E-state index >= 15 is 0 Å². The minimum atomic E-state index is -0.509. The number of hydrogen-bond donors (Lipinski definition) is 3. The summed E-state index contributed by atoms with van der Waals surface area (Å²) in [5.41, 5.74) is 5.33. The van der Waals surface area contributed by atoms with Crippen LogP contribution < -0.4 is 16.4 Å². The molecule has 0 radical (unpaired) electrons. The lowest BCUT2D eigenvalue weighted by Gasteiger charge is -2.24. The number of nitrogens with two attached hydrogens (primary N) is 1. The van der Waals surface area contributed by atoms with Crippen LogP contribution in [0.25, 0.3) is 0 Å². The number of halogens is 2. The molecule has 0 heterocycles. The number of benzene rings is 1. The van der Waals surface area contributed by atoms with Gasteiger partial charge in [0.1, 0.15) is 0 Å². The minimum Gasteiger partial charge on any atom is -0.348 e. The van der Waals surface area contributed by atoms with Crippen LogP contribution in [-0.4, -0.2) is 30.4 Å². The maximum atomic E-state index is 11.8. The van der Waals surface area contributed by atoms with Gasteiger partial charge in [0.25, 0.3) is 5.91 Å². The molecule has 0 unspecified atom stereocenters. The highest BCUT2D eigenvalue weighted by Gasteiger charge is 2.18. The molecule has 4 N–H and O–H groups in total. The molecule has 0 bridgehead atoms. The molecule has 0 aliphatic carbocycles. The summed E-state index contributed by atoms with van der Waals surface area (Å²) in [5.74, 6) is -0.710. The van der Waals surface area contributed by atoms with Crippen LogP contribution in [0.4, 0.5) is 0 Å². The normalized spacial score (nSPS) is 11.1. The van der Waals surface area contributed by atoms with Crippen LogP contribution >= 0.6 is 23.2 Å². The van der Waals surface area contributed by atoms with Gasteiger partial charge >= 0.3 is 0 Å². The molecule has 0 saturated carbocycles. The standard InChI is InChI=1S/C13H17Cl2N3O2/c1-13(2,7-16)18-11(19)6-17-12(20)8-3-4-9(14)10(15)5-8/h3-5H,6-7,16H2,1-2H3,(H,17,20)(H,18,19). The molecule has 1 rings (SSSR count). The highest BCUT2D eigenvalue weighted by Crippen LogP contribution is 2.22. The second-order valence-corrected chi connectivity index (χ2v) is 5.76. The molecule has 20 heavy (non-hydrogen) atoms. The van der Waals surface area contributed by atoms with Gasteiger partial charge in [0.15, 0.2) is 0 Å². The third-order valence-corrected chi connectivity index (χ3v) is 3.32. The Labute approximate surface area is 127 Å². The van der Waals surface area contributed by atoms with E-state index in [4.69, 9.17) is 28.9 Å². The molecule has 2 amide bonds. The molecule has 1 aromatic carbocycles. The van der Waals surface area contributed by atoms with Gasteiger partial charge in [-0.25, -0.2) is 0 Å². The van der Waals surface area contributed by atoms with Crippen molar-refractivity contribution in [1.29, 1.82) is 0 Å². The van der Waals surface area contributed by atoms with E-state index in [1.54, 1.807) is 13.8 Å². The molecule has 0 aromatic heterocycles. The van der Waals surface area contributed by atoms with Crippen molar-refractivity contribution in [2.45, 2.75) is 19.4 Å². The summed E-state index contributed by atoms with van der Waals surface area (Å²) in [5, 5.41) is 5.86. The van der Waals surface area contributed by atoms with Crippen molar-refractivity contribution in [3.63, 3.8) is 0 Å². The van der Waals surface area contributed by atoms with Crippen LogP contribution in [-0.2, 0) is 4.79 Å². The highest BCUT2D eigenvalue weighted by atomic mass is 35.5. The molecule has 0 aliphatic heterocycles. The Balaban J connectivity index is 2.55. The van der Waals surface area contributed by atoms with Gasteiger partial charge in [0.2, 0.25) is 5.91 Å². The first-order chi connectivity index (χ1) is 9.25. The Hall–Kier alpha value is -1.30. The van der Waals surface area contributed by atoms with E-state index in [0.717, 1.165) is 0 Å². The van der Waals surface area contributed by atoms with Crippen LogP contribution in [0.3, 0.4) is 0 Å². The van der Waals surface area contributed by atoms with Crippen LogP contribution in [0.15, 0.2) is 18.2 Å². The van der Waals surface area contributed by atoms with E-state index in [1.165, 1.54) is 18.2 Å². The zero-order chi connectivity index (χ0) is 15.3. The van der Waals surface area contributed by atoms with Crippen LogP contribution in [0, 0.1) is 0 Å². The third-order valence-electron chi connectivity index (χ3n) is 2.58. The van der Waals surface area contributed by atoms with Crippen LogP contribution in [0.5, 0.6) is 0 Å². The average Bonchev–Trinajstić information content (AvgIpc) is 2.38. The fourth-order valence-corrected chi connectivity index (χ4v) is 1.67. The summed E-state index contributed by atoms with van der Waals surface area (Å²) in [4.78, 5) is 23.5. The number of nitrogens with one attached hydrogen (secondary N) is 2. The van der Waals surface area contributed by atoms with E-state index in [1.807, 2.05) is 0 Å². The number of rotatable bonds is 5. The predicted molar refractivity (Wildman–Crippen MR) is 80.1 cm³/mol. The molecule has 5 nitrogen and oxygen atoms in total. The molecule has 7 heteroatoms. The van der Waals surface area contributed by atoms with Gasteiger partial charge in [0, 0.05) is 17.6 Å². The van der Waals surface area contributed by atoms with E-state index in [0.29, 0.717) is 17.1 Å². The van der Waals surface area contributed by atoms with Crippen molar-refractivity contribution in [3.8, 4) is 0 Å². The van der Waals surface area contributed by atoms with Crippen molar-refractivity contribution < 1.29 is 9.59 Å². The van der Waals surface area contributed by atoms with Crippen molar-refractivity contribution >= 4 is 35.0 Å². The molecule has 0 saturated heterocycles. The summed E-state index contributed by atoms with van der Waals surface area (Å²) in [6.07, 6.45) is 0. The Morgan fingerprint density at radius 1 is 1.25 bits per heavy atom. The number of carbonyl (C=O) groups excluding carboxylic acids is 2. The van der Waals surface area contributed by atoms with Gasteiger partial charge in [-0.05, 0) is 32.0 Å². The van der Waals surface area contributed by atoms with Gasteiger partial charge in [-0.1, -0.05) is 23.2 Å². The zero-order valence-electron chi connectivity index (χ0n) is 11.3. The largest absolute Gasteiger partial charge is 0.348 e. The Kier molecular flexibility index (Phi) is 5.80. The fraction of sp³-hybridized carbons (Fsp3) is 0.385. The molecule has 1 aromatic rings. The SMILES string of the molecule is CC(C)(CN)NC(=O)CNC(=O)c1ccc(Cl)c(Cl)c1. The maximum Gasteiger partial charge on any atom is 0.251 e. The van der Waals surface area contributed by atoms with Gasteiger partial charge in [-0.2, -0.15) is 0 Å². The molecule has 0 atom stereocenters. The monoisotopic (exact) mass is 317 g/mol. The lowest BCUT2D eigenvalue weighted by atomic mass is 10.1. The summed E-state index contributed by atoms with van der Waals surface area (Å²) in [7, 11) is 0. The van der Waals surface area contributed by atoms with Gasteiger partial charge < -0.3 is 16.4 Å². The smallest absolute Gasteiger partial charge is 0.251 e.